The van der Waals surface area contributed by atoms with Crippen molar-refractivity contribution in [2.24, 2.45) is 4.99 Å². The number of nitrogens with zero attached hydrogens (tertiary/aromatic N) is 1. The largest absolute Gasteiger partial charge is 0.320 e. The van der Waals surface area contributed by atoms with E-state index in [4.69, 9.17) is 23.2 Å². The van der Waals surface area contributed by atoms with Crippen LogP contribution in [0.4, 0.5) is 11.4 Å². The number of hydrogen-bond donors (Lipinski definition) is 1. The van der Waals surface area contributed by atoms with Gasteiger partial charge in [0.15, 0.2) is 0 Å². The molecule has 2 aromatic rings. The first-order valence-corrected chi connectivity index (χ1v) is 8.56. The molecule has 1 aliphatic rings. The Hall–Kier alpha value is -0.880. The van der Waals surface area contributed by atoms with E-state index < -0.39 is 0 Å². The maximum atomic E-state index is 12.2. The number of carbonyl (C=O) groups is 1. The van der Waals surface area contributed by atoms with Crippen LogP contribution in [0.5, 0.6) is 0 Å². The molecule has 1 aliphatic heterocycles. The zero-order valence-corrected chi connectivity index (χ0v) is 15.9. The van der Waals surface area contributed by atoms with E-state index >= 15 is 0 Å². The van der Waals surface area contributed by atoms with Crippen molar-refractivity contribution in [3.8, 4) is 0 Å². The highest BCUT2D eigenvalue weighted by molar-refractivity contribution is 9.10. The summed E-state index contributed by atoms with van der Waals surface area (Å²) in [5, 5.41) is 3.84. The van der Waals surface area contributed by atoms with Gasteiger partial charge in [-0.2, -0.15) is 0 Å². The van der Waals surface area contributed by atoms with Crippen LogP contribution in [0, 0.1) is 6.92 Å². The Kier molecular flexibility index (Phi) is 4.34. The van der Waals surface area contributed by atoms with Crippen molar-refractivity contribution in [1.82, 2.24) is 0 Å². The van der Waals surface area contributed by atoms with Crippen molar-refractivity contribution in [2.75, 3.05) is 5.32 Å². The van der Waals surface area contributed by atoms with Gasteiger partial charge in [-0.05, 0) is 52.7 Å². The fraction of sp³-hybridized carbons (Fsp3) is 0.0667. The molecule has 1 N–H and O–H groups in total. The highest BCUT2D eigenvalue weighted by Crippen LogP contribution is 2.38. The summed E-state index contributed by atoms with van der Waals surface area (Å²) in [7, 11) is 0. The number of nitrogens with one attached hydrogen (secondary N) is 1. The van der Waals surface area contributed by atoms with Crippen LogP contribution in [0.3, 0.4) is 0 Å². The van der Waals surface area contributed by atoms with E-state index in [2.05, 4.69) is 42.2 Å². The van der Waals surface area contributed by atoms with Crippen molar-refractivity contribution in [2.45, 2.75) is 6.92 Å². The zero-order valence-electron chi connectivity index (χ0n) is 11.2. The van der Waals surface area contributed by atoms with E-state index in [1.54, 1.807) is 18.2 Å². The van der Waals surface area contributed by atoms with Gasteiger partial charge in [0, 0.05) is 14.5 Å². The molecule has 112 valence electrons. The molecule has 0 aliphatic carbocycles. The monoisotopic (exact) mass is 460 g/mol. The fourth-order valence-corrected chi connectivity index (χ4v) is 3.59. The van der Waals surface area contributed by atoms with Crippen LogP contribution in [0.1, 0.15) is 11.1 Å². The predicted molar refractivity (Wildman–Crippen MR) is 97.9 cm³/mol. The summed E-state index contributed by atoms with van der Waals surface area (Å²) in [6.45, 7) is 1.85. The van der Waals surface area contributed by atoms with Crippen molar-refractivity contribution < 1.29 is 4.79 Å². The molecule has 2 aromatic carbocycles. The molecule has 22 heavy (non-hydrogen) atoms. The minimum Gasteiger partial charge on any atom is -0.320 e. The molecule has 0 radical (unpaired) electrons. The number of halogens is 4. The highest BCUT2D eigenvalue weighted by Gasteiger charge is 2.29. The van der Waals surface area contributed by atoms with E-state index in [1.165, 1.54) is 0 Å². The molecule has 0 unspecified atom stereocenters. The second-order valence-electron chi connectivity index (χ2n) is 4.73. The van der Waals surface area contributed by atoms with Gasteiger partial charge in [0.1, 0.15) is 5.71 Å². The van der Waals surface area contributed by atoms with Crippen molar-refractivity contribution in [3.05, 3.63) is 54.4 Å². The summed E-state index contributed by atoms with van der Waals surface area (Å²) >= 11 is 19.1. The average molecular weight is 463 g/mol. The van der Waals surface area contributed by atoms with Crippen molar-refractivity contribution in [1.29, 1.82) is 0 Å². The molecule has 0 aromatic heterocycles. The van der Waals surface area contributed by atoms with Gasteiger partial charge in [-0.1, -0.05) is 39.1 Å². The van der Waals surface area contributed by atoms with Gasteiger partial charge in [-0.15, -0.1) is 0 Å². The smallest absolute Gasteiger partial charge is 0.275 e. The predicted octanol–water partition coefficient (Wildman–Crippen LogP) is 5.90. The zero-order chi connectivity index (χ0) is 16.0. The number of amides is 1. The minimum absolute atomic E-state index is 0.272. The Morgan fingerprint density at radius 2 is 1.91 bits per heavy atom. The summed E-state index contributed by atoms with van der Waals surface area (Å²) in [6, 6.07) is 7.09. The standard InChI is InChI=1S/C15H8Br2Cl2N2O/c1-6-12(19)9(17)5-8-13(6)21-15(22)14(8)20-11-3-2-7(16)4-10(11)18/h2-5H,1H3,(H,20,21,22). The lowest BCUT2D eigenvalue weighted by atomic mass is 10.1. The van der Waals surface area contributed by atoms with Gasteiger partial charge in [0.2, 0.25) is 0 Å². The van der Waals surface area contributed by atoms with Gasteiger partial charge >= 0.3 is 0 Å². The van der Waals surface area contributed by atoms with Crippen LogP contribution in [0.25, 0.3) is 0 Å². The first-order valence-electron chi connectivity index (χ1n) is 6.22. The molecule has 0 saturated heterocycles. The number of benzene rings is 2. The molecule has 1 amide bonds. The van der Waals surface area contributed by atoms with E-state index in [1.807, 2.05) is 13.0 Å². The van der Waals surface area contributed by atoms with Gasteiger partial charge in [-0.3, -0.25) is 4.79 Å². The molecule has 0 atom stereocenters. The van der Waals surface area contributed by atoms with E-state index in [0.717, 1.165) is 14.5 Å². The van der Waals surface area contributed by atoms with Gasteiger partial charge in [0.25, 0.3) is 5.91 Å². The third-order valence-electron chi connectivity index (χ3n) is 3.31. The summed E-state index contributed by atoms with van der Waals surface area (Å²) in [6.07, 6.45) is 0. The topological polar surface area (TPSA) is 41.5 Å². The summed E-state index contributed by atoms with van der Waals surface area (Å²) in [4.78, 5) is 16.7. The molecule has 3 nitrogen and oxygen atoms in total. The van der Waals surface area contributed by atoms with E-state index in [9.17, 15) is 4.79 Å². The Balaban J connectivity index is 2.18. The number of hydrogen-bond acceptors (Lipinski definition) is 2. The molecule has 0 fully saturated rings. The summed E-state index contributed by atoms with van der Waals surface area (Å²) in [5.41, 5.74) is 3.04. The number of carbonyl (C=O) groups excluding carboxylic acids is 1. The van der Waals surface area contributed by atoms with E-state index in [-0.39, 0.29) is 5.91 Å². The lowest BCUT2D eigenvalue weighted by Crippen LogP contribution is -2.14. The van der Waals surface area contributed by atoms with Crippen LogP contribution >= 0.6 is 55.1 Å². The number of anilines is 1. The minimum atomic E-state index is -0.272. The Labute approximate surface area is 154 Å². The first kappa shape index (κ1) is 16.0. The van der Waals surface area contributed by atoms with Gasteiger partial charge in [0.05, 0.1) is 21.4 Å². The third kappa shape index (κ3) is 2.71. The molecule has 3 rings (SSSR count). The van der Waals surface area contributed by atoms with Crippen molar-refractivity contribution in [3.63, 3.8) is 0 Å². The third-order valence-corrected chi connectivity index (χ3v) is 5.44. The summed E-state index contributed by atoms with van der Waals surface area (Å²) < 4.78 is 1.57. The Morgan fingerprint density at radius 3 is 2.59 bits per heavy atom. The second kappa shape index (κ2) is 5.96. The summed E-state index contributed by atoms with van der Waals surface area (Å²) in [5.74, 6) is -0.272. The maximum absolute atomic E-state index is 12.2. The lowest BCUT2D eigenvalue weighted by molar-refractivity contribution is -0.110. The fourth-order valence-electron chi connectivity index (χ4n) is 2.20. The Morgan fingerprint density at radius 1 is 1.18 bits per heavy atom. The van der Waals surface area contributed by atoms with Crippen LogP contribution in [0.2, 0.25) is 10.0 Å². The van der Waals surface area contributed by atoms with Crippen molar-refractivity contribution >= 4 is 78.1 Å². The van der Waals surface area contributed by atoms with Crippen LogP contribution in [-0.2, 0) is 4.79 Å². The number of fused-ring (bicyclic) bond motifs is 1. The van der Waals surface area contributed by atoms with Gasteiger partial charge in [-0.25, -0.2) is 4.99 Å². The van der Waals surface area contributed by atoms with Crippen LogP contribution < -0.4 is 5.32 Å². The molecular weight excluding hydrogens is 455 g/mol. The maximum Gasteiger partial charge on any atom is 0.275 e. The number of rotatable bonds is 1. The SMILES string of the molecule is Cc1c(Cl)c(Br)cc2c1NC(=O)C2=Nc1ccc(Br)cc1Cl. The quantitative estimate of drug-likeness (QED) is 0.563. The normalized spacial score (nSPS) is 15.1. The average Bonchev–Trinajstić information content (AvgIpc) is 2.76. The molecule has 0 saturated carbocycles. The highest BCUT2D eigenvalue weighted by atomic mass is 79.9. The molecule has 0 spiro atoms. The lowest BCUT2D eigenvalue weighted by Gasteiger charge is -2.07. The molecule has 7 heteroatoms. The van der Waals surface area contributed by atoms with Gasteiger partial charge < -0.3 is 5.32 Å². The Bertz CT molecular complexity index is 850. The number of aliphatic imine (C=N–C) groups is 1. The second-order valence-corrected chi connectivity index (χ2v) is 7.29. The van der Waals surface area contributed by atoms with Crippen LogP contribution in [-0.4, -0.2) is 11.6 Å². The first-order chi connectivity index (χ1) is 10.4. The molecular formula is C15H8Br2Cl2N2O. The van der Waals surface area contributed by atoms with Crippen LogP contribution in [0.15, 0.2) is 38.2 Å². The molecule has 0 bridgehead atoms. The molecule has 1 heterocycles. The van der Waals surface area contributed by atoms with E-state index in [0.29, 0.717) is 32.7 Å².